The molecule has 1 amide bonds. The van der Waals surface area contributed by atoms with Crippen molar-refractivity contribution in [2.75, 3.05) is 26.2 Å². The number of halogens is 2. The summed E-state index contributed by atoms with van der Waals surface area (Å²) >= 11 is 9.63. The highest BCUT2D eigenvalue weighted by Crippen LogP contribution is 2.36. The Balaban J connectivity index is 1.79. The lowest BCUT2D eigenvalue weighted by molar-refractivity contribution is 0.0434. The standard InChI is InChI=1S/C16H20BrClN2O/c17-12-3-4-14(18)13(9-12)15(21)20-8-2-6-16(11-20)5-1-7-19-10-16/h3-4,9,19H,1-2,5-8,10-11H2. The molecule has 0 radical (unpaired) electrons. The molecule has 3 nitrogen and oxygen atoms in total. The van der Waals surface area contributed by atoms with Gasteiger partial charge in [-0.25, -0.2) is 0 Å². The Hall–Kier alpha value is -0.580. The number of amides is 1. The second-order valence-electron chi connectivity index (χ2n) is 6.23. The van der Waals surface area contributed by atoms with E-state index in [1.165, 1.54) is 19.3 Å². The highest BCUT2D eigenvalue weighted by molar-refractivity contribution is 9.10. The van der Waals surface area contributed by atoms with Crippen molar-refractivity contribution in [2.45, 2.75) is 25.7 Å². The minimum Gasteiger partial charge on any atom is -0.338 e. The molecule has 21 heavy (non-hydrogen) atoms. The Kier molecular flexibility index (Phi) is 4.57. The second-order valence-corrected chi connectivity index (χ2v) is 7.56. The minimum atomic E-state index is 0.0611. The lowest BCUT2D eigenvalue weighted by Crippen LogP contribution is -2.52. The highest BCUT2D eigenvalue weighted by atomic mass is 79.9. The molecule has 1 atom stereocenters. The summed E-state index contributed by atoms with van der Waals surface area (Å²) in [5.74, 6) is 0.0611. The summed E-state index contributed by atoms with van der Waals surface area (Å²) in [6, 6.07) is 5.47. The SMILES string of the molecule is O=C(c1cc(Br)ccc1Cl)N1CCCC2(CCCNC2)C1. The molecule has 1 unspecified atom stereocenters. The summed E-state index contributed by atoms with van der Waals surface area (Å²) in [6.07, 6.45) is 4.73. The van der Waals surface area contributed by atoms with Crippen LogP contribution >= 0.6 is 27.5 Å². The predicted octanol–water partition coefficient (Wildman–Crippen LogP) is 3.71. The van der Waals surface area contributed by atoms with Crippen LogP contribution in [0.25, 0.3) is 0 Å². The summed E-state index contributed by atoms with van der Waals surface area (Å²) in [7, 11) is 0. The normalized spacial score (nSPS) is 26.1. The molecule has 1 N–H and O–H groups in total. The Morgan fingerprint density at radius 3 is 2.90 bits per heavy atom. The number of hydrogen-bond acceptors (Lipinski definition) is 2. The van der Waals surface area contributed by atoms with Crippen LogP contribution < -0.4 is 5.32 Å². The molecule has 1 aromatic rings. The van der Waals surface area contributed by atoms with Crippen molar-refractivity contribution in [3.63, 3.8) is 0 Å². The van der Waals surface area contributed by atoms with Gasteiger partial charge in [-0.3, -0.25) is 4.79 Å². The number of benzene rings is 1. The number of piperidine rings is 2. The van der Waals surface area contributed by atoms with E-state index < -0.39 is 0 Å². The van der Waals surface area contributed by atoms with Crippen molar-refractivity contribution in [2.24, 2.45) is 5.41 Å². The van der Waals surface area contributed by atoms with Gasteiger partial charge in [-0.1, -0.05) is 27.5 Å². The third kappa shape index (κ3) is 3.27. The Morgan fingerprint density at radius 2 is 2.14 bits per heavy atom. The number of rotatable bonds is 1. The van der Waals surface area contributed by atoms with E-state index in [9.17, 15) is 4.79 Å². The number of carbonyl (C=O) groups excluding carboxylic acids is 1. The topological polar surface area (TPSA) is 32.3 Å². The number of nitrogens with zero attached hydrogens (tertiary/aromatic N) is 1. The number of nitrogens with one attached hydrogen (secondary N) is 1. The Labute approximate surface area is 139 Å². The van der Waals surface area contributed by atoms with Crippen molar-refractivity contribution in [3.05, 3.63) is 33.3 Å². The third-order valence-electron chi connectivity index (χ3n) is 4.67. The van der Waals surface area contributed by atoms with Gasteiger partial charge in [0.1, 0.15) is 0 Å². The zero-order valence-electron chi connectivity index (χ0n) is 12.0. The van der Waals surface area contributed by atoms with Crippen molar-refractivity contribution >= 4 is 33.4 Å². The molecule has 0 aromatic heterocycles. The van der Waals surface area contributed by atoms with Gasteiger partial charge in [-0.05, 0) is 50.4 Å². The fraction of sp³-hybridized carbons (Fsp3) is 0.562. The number of hydrogen-bond donors (Lipinski definition) is 1. The molecule has 2 aliphatic heterocycles. The molecule has 1 aromatic carbocycles. The van der Waals surface area contributed by atoms with E-state index >= 15 is 0 Å². The lowest BCUT2D eigenvalue weighted by Gasteiger charge is -2.45. The maximum atomic E-state index is 12.8. The maximum absolute atomic E-state index is 12.8. The third-order valence-corrected chi connectivity index (χ3v) is 5.49. The van der Waals surface area contributed by atoms with Crippen LogP contribution in [0.2, 0.25) is 5.02 Å². The predicted molar refractivity (Wildman–Crippen MR) is 88.8 cm³/mol. The van der Waals surface area contributed by atoms with Gasteiger partial charge in [0.25, 0.3) is 5.91 Å². The summed E-state index contributed by atoms with van der Waals surface area (Å²) in [6.45, 7) is 3.82. The van der Waals surface area contributed by atoms with Crippen molar-refractivity contribution in [1.82, 2.24) is 10.2 Å². The molecule has 0 bridgehead atoms. The number of carbonyl (C=O) groups is 1. The molecule has 3 rings (SSSR count). The van der Waals surface area contributed by atoms with Crippen LogP contribution in [0.1, 0.15) is 36.0 Å². The van der Waals surface area contributed by atoms with Gasteiger partial charge in [-0.15, -0.1) is 0 Å². The average molecular weight is 372 g/mol. The summed E-state index contributed by atoms with van der Waals surface area (Å²) in [4.78, 5) is 14.8. The quantitative estimate of drug-likeness (QED) is 0.816. The van der Waals surface area contributed by atoms with Crippen molar-refractivity contribution < 1.29 is 4.79 Å². The summed E-state index contributed by atoms with van der Waals surface area (Å²) < 4.78 is 0.890. The van der Waals surface area contributed by atoms with Crippen LogP contribution in [-0.4, -0.2) is 37.0 Å². The van der Waals surface area contributed by atoms with Gasteiger partial charge in [0.05, 0.1) is 10.6 Å². The fourth-order valence-corrected chi connectivity index (χ4v) is 4.15. The largest absolute Gasteiger partial charge is 0.338 e. The van der Waals surface area contributed by atoms with E-state index in [1.54, 1.807) is 6.07 Å². The smallest absolute Gasteiger partial charge is 0.255 e. The van der Waals surface area contributed by atoms with Crippen LogP contribution in [0.5, 0.6) is 0 Å². The zero-order valence-corrected chi connectivity index (χ0v) is 14.3. The van der Waals surface area contributed by atoms with Crippen LogP contribution in [-0.2, 0) is 0 Å². The molecule has 1 spiro atoms. The molecular weight excluding hydrogens is 352 g/mol. The van der Waals surface area contributed by atoms with E-state index in [0.29, 0.717) is 10.6 Å². The second kappa shape index (κ2) is 6.27. The van der Waals surface area contributed by atoms with Crippen LogP contribution in [0.3, 0.4) is 0 Å². The lowest BCUT2D eigenvalue weighted by atomic mass is 9.74. The summed E-state index contributed by atoms with van der Waals surface area (Å²) in [5.41, 5.74) is 0.872. The van der Waals surface area contributed by atoms with Gasteiger partial charge < -0.3 is 10.2 Å². The first kappa shape index (κ1) is 15.3. The van der Waals surface area contributed by atoms with E-state index in [2.05, 4.69) is 21.2 Å². The van der Waals surface area contributed by atoms with Gasteiger partial charge in [0.15, 0.2) is 0 Å². The van der Waals surface area contributed by atoms with Gasteiger partial charge in [0, 0.05) is 29.5 Å². The molecule has 114 valence electrons. The Morgan fingerprint density at radius 1 is 1.33 bits per heavy atom. The van der Waals surface area contributed by atoms with Gasteiger partial charge in [-0.2, -0.15) is 0 Å². The molecule has 2 fully saturated rings. The highest BCUT2D eigenvalue weighted by Gasteiger charge is 2.38. The number of likely N-dealkylation sites (tertiary alicyclic amines) is 1. The fourth-order valence-electron chi connectivity index (χ4n) is 3.59. The van der Waals surface area contributed by atoms with Crippen molar-refractivity contribution in [1.29, 1.82) is 0 Å². The van der Waals surface area contributed by atoms with E-state index in [1.807, 2.05) is 17.0 Å². The van der Waals surface area contributed by atoms with Crippen LogP contribution in [0, 0.1) is 5.41 Å². The molecular formula is C16H20BrClN2O. The monoisotopic (exact) mass is 370 g/mol. The van der Waals surface area contributed by atoms with Gasteiger partial charge in [0.2, 0.25) is 0 Å². The summed E-state index contributed by atoms with van der Waals surface area (Å²) in [5, 5.41) is 4.03. The van der Waals surface area contributed by atoms with Crippen molar-refractivity contribution in [3.8, 4) is 0 Å². The van der Waals surface area contributed by atoms with Gasteiger partial charge >= 0.3 is 0 Å². The van der Waals surface area contributed by atoms with E-state index in [-0.39, 0.29) is 11.3 Å². The molecule has 2 aliphatic rings. The van der Waals surface area contributed by atoms with Crippen LogP contribution in [0.15, 0.2) is 22.7 Å². The minimum absolute atomic E-state index is 0.0611. The van der Waals surface area contributed by atoms with Crippen LogP contribution in [0.4, 0.5) is 0 Å². The molecule has 2 heterocycles. The average Bonchev–Trinajstić information content (AvgIpc) is 2.50. The Bertz CT molecular complexity index is 538. The molecule has 5 heteroatoms. The first-order valence-electron chi connectivity index (χ1n) is 7.55. The molecule has 0 aliphatic carbocycles. The molecule has 2 saturated heterocycles. The molecule has 0 saturated carbocycles. The van der Waals surface area contributed by atoms with E-state index in [4.69, 9.17) is 11.6 Å². The first-order valence-corrected chi connectivity index (χ1v) is 8.72. The van der Waals surface area contributed by atoms with E-state index in [0.717, 1.165) is 37.1 Å². The maximum Gasteiger partial charge on any atom is 0.255 e. The zero-order chi connectivity index (χ0) is 14.9. The first-order chi connectivity index (χ1) is 10.1.